The third-order valence-electron chi connectivity index (χ3n) is 2.74. The Morgan fingerprint density at radius 2 is 1.89 bits per heavy atom. The van der Waals surface area contributed by atoms with Crippen molar-refractivity contribution in [3.8, 4) is 5.75 Å². The van der Waals surface area contributed by atoms with Gasteiger partial charge >= 0.3 is 0 Å². The topological polar surface area (TPSA) is 69.4 Å². The molecular weight excluding hydrogens is 269 g/mol. The van der Waals surface area contributed by atoms with Gasteiger partial charge in [-0.15, -0.1) is 0 Å². The Hall–Kier alpha value is -1.14. The summed E-state index contributed by atoms with van der Waals surface area (Å²) in [6.07, 6.45) is 3.03. The number of hydrogen-bond acceptors (Lipinski definition) is 3. The molecule has 0 atom stereocenters. The molecule has 108 valence electrons. The van der Waals surface area contributed by atoms with E-state index in [2.05, 4.69) is 0 Å². The third-order valence-corrected chi connectivity index (χ3v) is 3.59. The minimum absolute atomic E-state index is 0.0248. The molecule has 0 spiro atoms. The number of aryl methyl sites for hydroxylation is 1. The Labute approximate surface area is 113 Å². The summed E-state index contributed by atoms with van der Waals surface area (Å²) in [6, 6.07) is 4.78. The zero-order valence-electron chi connectivity index (χ0n) is 11.1. The van der Waals surface area contributed by atoms with Crippen LogP contribution in [0.1, 0.15) is 31.2 Å². The maximum atomic E-state index is 13.2. The Kier molecular flexibility index (Phi) is 6.24. The number of halogens is 1. The molecule has 1 aromatic rings. The van der Waals surface area contributed by atoms with Crippen molar-refractivity contribution in [1.29, 1.82) is 0 Å². The van der Waals surface area contributed by atoms with Gasteiger partial charge < -0.3 is 4.74 Å². The van der Waals surface area contributed by atoms with Crippen LogP contribution in [0.2, 0.25) is 0 Å². The molecule has 0 unspecified atom stereocenters. The van der Waals surface area contributed by atoms with E-state index in [-0.39, 0.29) is 11.6 Å². The molecule has 0 saturated carbocycles. The van der Waals surface area contributed by atoms with E-state index < -0.39 is 10.0 Å². The van der Waals surface area contributed by atoms with Gasteiger partial charge in [0.1, 0.15) is 11.6 Å². The van der Waals surface area contributed by atoms with E-state index in [0.29, 0.717) is 24.3 Å². The number of unbranched alkanes of at least 4 members (excludes halogenated alkanes) is 3. The van der Waals surface area contributed by atoms with E-state index in [0.717, 1.165) is 19.3 Å². The molecular formula is C13H20FNO3S. The molecule has 0 saturated heterocycles. The van der Waals surface area contributed by atoms with Crippen molar-refractivity contribution in [1.82, 2.24) is 0 Å². The van der Waals surface area contributed by atoms with E-state index in [1.807, 2.05) is 0 Å². The summed E-state index contributed by atoms with van der Waals surface area (Å²) in [6.45, 7) is 2.20. The molecule has 0 fully saturated rings. The van der Waals surface area contributed by atoms with E-state index in [1.165, 1.54) is 6.07 Å². The Morgan fingerprint density at radius 3 is 2.53 bits per heavy atom. The van der Waals surface area contributed by atoms with Gasteiger partial charge in [0.15, 0.2) is 0 Å². The van der Waals surface area contributed by atoms with Crippen molar-refractivity contribution in [2.24, 2.45) is 5.14 Å². The summed E-state index contributed by atoms with van der Waals surface area (Å²) in [5, 5.41) is 4.89. The highest BCUT2D eigenvalue weighted by molar-refractivity contribution is 7.89. The SMILES string of the molecule is Cc1ccc(OCCCCCCS(N)(=O)=O)cc1F. The molecule has 1 aromatic carbocycles. The highest BCUT2D eigenvalue weighted by Crippen LogP contribution is 2.16. The quantitative estimate of drug-likeness (QED) is 0.747. The first kappa shape index (κ1) is 15.9. The van der Waals surface area contributed by atoms with E-state index >= 15 is 0 Å². The summed E-state index contributed by atoms with van der Waals surface area (Å²) < 4.78 is 40.0. The zero-order valence-corrected chi connectivity index (χ0v) is 11.9. The number of nitrogens with two attached hydrogens (primary N) is 1. The molecule has 6 heteroatoms. The van der Waals surface area contributed by atoms with Crippen LogP contribution in [-0.2, 0) is 10.0 Å². The second-order valence-corrected chi connectivity index (χ2v) is 6.27. The summed E-state index contributed by atoms with van der Waals surface area (Å²) in [5.41, 5.74) is 0.593. The van der Waals surface area contributed by atoms with Crippen molar-refractivity contribution >= 4 is 10.0 Å². The van der Waals surface area contributed by atoms with Crippen molar-refractivity contribution in [3.63, 3.8) is 0 Å². The molecule has 0 aliphatic heterocycles. The van der Waals surface area contributed by atoms with Gasteiger partial charge in [-0.05, 0) is 31.4 Å². The van der Waals surface area contributed by atoms with Crippen LogP contribution in [0.4, 0.5) is 4.39 Å². The van der Waals surface area contributed by atoms with Gasteiger partial charge in [-0.1, -0.05) is 18.9 Å². The van der Waals surface area contributed by atoms with Gasteiger partial charge in [0.2, 0.25) is 10.0 Å². The smallest absolute Gasteiger partial charge is 0.209 e. The van der Waals surface area contributed by atoms with Gasteiger partial charge in [0, 0.05) is 6.07 Å². The van der Waals surface area contributed by atoms with Crippen LogP contribution in [0.3, 0.4) is 0 Å². The zero-order chi connectivity index (χ0) is 14.3. The maximum Gasteiger partial charge on any atom is 0.209 e. The lowest BCUT2D eigenvalue weighted by atomic mass is 10.2. The minimum Gasteiger partial charge on any atom is -0.493 e. The second-order valence-electron chi connectivity index (χ2n) is 4.54. The monoisotopic (exact) mass is 289 g/mol. The fourth-order valence-corrected chi connectivity index (χ4v) is 2.22. The van der Waals surface area contributed by atoms with Gasteiger partial charge in [0.05, 0.1) is 12.4 Å². The lowest BCUT2D eigenvalue weighted by Crippen LogP contribution is -2.16. The molecule has 0 aromatic heterocycles. The molecule has 0 heterocycles. The maximum absolute atomic E-state index is 13.2. The van der Waals surface area contributed by atoms with Gasteiger partial charge in [-0.3, -0.25) is 0 Å². The fraction of sp³-hybridized carbons (Fsp3) is 0.538. The number of primary sulfonamides is 1. The molecule has 0 radical (unpaired) electrons. The fourth-order valence-electron chi connectivity index (χ4n) is 1.61. The molecule has 0 amide bonds. The van der Waals surface area contributed by atoms with Crippen molar-refractivity contribution in [2.75, 3.05) is 12.4 Å². The van der Waals surface area contributed by atoms with Crippen molar-refractivity contribution in [3.05, 3.63) is 29.6 Å². The van der Waals surface area contributed by atoms with Crippen LogP contribution in [0.15, 0.2) is 18.2 Å². The van der Waals surface area contributed by atoms with E-state index in [1.54, 1.807) is 19.1 Å². The van der Waals surface area contributed by atoms with Crippen LogP contribution in [-0.4, -0.2) is 20.8 Å². The lowest BCUT2D eigenvalue weighted by Gasteiger charge is -2.07. The number of hydrogen-bond donors (Lipinski definition) is 1. The molecule has 0 bridgehead atoms. The Morgan fingerprint density at radius 1 is 1.21 bits per heavy atom. The first-order valence-corrected chi connectivity index (χ1v) is 7.99. The summed E-state index contributed by atoms with van der Waals surface area (Å²) >= 11 is 0. The third kappa shape index (κ3) is 7.12. The molecule has 1 rings (SSSR count). The average Bonchev–Trinajstić information content (AvgIpc) is 2.31. The highest BCUT2D eigenvalue weighted by Gasteiger charge is 2.02. The molecule has 4 nitrogen and oxygen atoms in total. The minimum atomic E-state index is -3.34. The predicted octanol–water partition coefficient (Wildman–Crippen LogP) is 2.36. The van der Waals surface area contributed by atoms with Crippen molar-refractivity contribution in [2.45, 2.75) is 32.6 Å². The normalized spacial score (nSPS) is 11.5. The number of benzene rings is 1. The Bertz CT molecular complexity index is 503. The van der Waals surface area contributed by atoms with E-state index in [9.17, 15) is 12.8 Å². The first-order chi connectivity index (χ1) is 8.88. The van der Waals surface area contributed by atoms with Gasteiger partial charge in [0.25, 0.3) is 0 Å². The second kappa shape index (κ2) is 7.45. The summed E-state index contributed by atoms with van der Waals surface area (Å²) in [5.74, 6) is 0.273. The largest absolute Gasteiger partial charge is 0.493 e. The predicted molar refractivity (Wildman–Crippen MR) is 73.1 cm³/mol. The Balaban J connectivity index is 2.12. The van der Waals surface area contributed by atoms with Crippen LogP contribution >= 0.6 is 0 Å². The molecule has 0 aliphatic carbocycles. The molecule has 0 aliphatic rings. The number of ether oxygens (including phenoxy) is 1. The lowest BCUT2D eigenvalue weighted by molar-refractivity contribution is 0.303. The first-order valence-electron chi connectivity index (χ1n) is 6.28. The standard InChI is InChI=1S/C13H20FNO3S/c1-11-6-7-12(10-13(11)14)18-8-4-2-3-5-9-19(15,16)17/h6-7,10H,2-5,8-9H2,1H3,(H2,15,16,17). The van der Waals surface area contributed by atoms with E-state index in [4.69, 9.17) is 9.88 Å². The number of sulfonamides is 1. The summed E-state index contributed by atoms with van der Waals surface area (Å²) in [4.78, 5) is 0. The molecule has 2 N–H and O–H groups in total. The summed E-state index contributed by atoms with van der Waals surface area (Å²) in [7, 11) is -3.34. The van der Waals surface area contributed by atoms with Crippen LogP contribution in [0, 0.1) is 12.7 Å². The van der Waals surface area contributed by atoms with Gasteiger partial charge in [-0.25, -0.2) is 17.9 Å². The van der Waals surface area contributed by atoms with Crippen molar-refractivity contribution < 1.29 is 17.5 Å². The van der Waals surface area contributed by atoms with Crippen LogP contribution < -0.4 is 9.88 Å². The average molecular weight is 289 g/mol. The highest BCUT2D eigenvalue weighted by atomic mass is 32.2. The van der Waals surface area contributed by atoms with Gasteiger partial charge in [-0.2, -0.15) is 0 Å². The van der Waals surface area contributed by atoms with Crippen LogP contribution in [0.5, 0.6) is 5.75 Å². The number of rotatable bonds is 8. The van der Waals surface area contributed by atoms with Crippen LogP contribution in [0.25, 0.3) is 0 Å². The molecule has 19 heavy (non-hydrogen) atoms.